The molecule has 0 spiro atoms. The quantitative estimate of drug-likeness (QED) is 0.246. The summed E-state index contributed by atoms with van der Waals surface area (Å²) in [5.74, 6) is -0.416. The van der Waals surface area contributed by atoms with E-state index in [-0.39, 0.29) is 42.0 Å². The molecular formula is C38H44ClNO6. The minimum Gasteiger partial charge on any atom is -0.490 e. The van der Waals surface area contributed by atoms with E-state index < -0.39 is 11.9 Å². The summed E-state index contributed by atoms with van der Waals surface area (Å²) in [7, 11) is 0. The molecule has 0 atom stereocenters. The van der Waals surface area contributed by atoms with Crippen molar-refractivity contribution in [1.82, 2.24) is 4.90 Å². The van der Waals surface area contributed by atoms with Crippen molar-refractivity contribution in [1.29, 1.82) is 0 Å². The molecule has 1 heterocycles. The molecule has 7 nitrogen and oxygen atoms in total. The van der Waals surface area contributed by atoms with E-state index in [2.05, 4.69) is 34.3 Å². The molecule has 0 bridgehead atoms. The number of carboxylic acid groups (broad SMARTS) is 1. The Balaban J connectivity index is 1.72. The van der Waals surface area contributed by atoms with Gasteiger partial charge in [0.2, 0.25) is 0 Å². The van der Waals surface area contributed by atoms with E-state index >= 15 is 0 Å². The molecule has 0 saturated heterocycles. The normalized spacial score (nSPS) is 19.1. The van der Waals surface area contributed by atoms with Gasteiger partial charge >= 0.3 is 5.97 Å². The number of Topliss-reactive ketones (excluding diaryl/α,β-unsaturated/α-hetero) is 2. The molecule has 0 saturated carbocycles. The summed E-state index contributed by atoms with van der Waals surface area (Å²) in [5.41, 5.74) is 4.77. The molecule has 2 aromatic rings. The molecule has 1 aliphatic heterocycles. The lowest BCUT2D eigenvalue weighted by Gasteiger charge is -2.49. The first-order chi connectivity index (χ1) is 21.7. The van der Waals surface area contributed by atoms with Crippen LogP contribution < -0.4 is 9.47 Å². The third-order valence-electron chi connectivity index (χ3n) is 8.99. The molecule has 0 aromatic heterocycles. The molecule has 0 fully saturated rings. The van der Waals surface area contributed by atoms with E-state index in [1.54, 1.807) is 6.08 Å². The van der Waals surface area contributed by atoms with Crippen molar-refractivity contribution in [3.63, 3.8) is 0 Å². The molecule has 5 rings (SSSR count). The zero-order chi connectivity index (χ0) is 33.4. The number of ketones is 2. The number of nitrogens with zero attached hydrogens (tertiary/aromatic N) is 1. The maximum atomic E-state index is 14.2. The van der Waals surface area contributed by atoms with Crippen LogP contribution in [-0.4, -0.2) is 40.7 Å². The summed E-state index contributed by atoms with van der Waals surface area (Å²) < 4.78 is 12.6. The van der Waals surface area contributed by atoms with Gasteiger partial charge in [-0.15, -0.1) is 6.58 Å². The number of carbonyl (C=O) groups is 3. The molecule has 1 N–H and O–H groups in total. The van der Waals surface area contributed by atoms with Crippen LogP contribution in [-0.2, 0) is 27.4 Å². The van der Waals surface area contributed by atoms with Gasteiger partial charge in [-0.2, -0.15) is 0 Å². The Morgan fingerprint density at radius 1 is 1.00 bits per heavy atom. The van der Waals surface area contributed by atoms with Crippen LogP contribution in [0.15, 0.2) is 71.6 Å². The van der Waals surface area contributed by atoms with E-state index in [0.29, 0.717) is 66.4 Å². The van der Waals surface area contributed by atoms with Gasteiger partial charge in [0.25, 0.3) is 0 Å². The second kappa shape index (κ2) is 13.1. The lowest BCUT2D eigenvalue weighted by atomic mass is 9.63. The SMILES string of the molecule is C=CCc1cc(C2C3=C(CC(C)(C)CC3=O)N(CCC(=O)O)C3=C2C(=O)CC(C)(C)C3)cc(OCC)c1OCc1cccc(Cl)c1. The lowest BCUT2D eigenvalue weighted by molar-refractivity contribution is -0.137. The standard InChI is InChI=1S/C38H44ClNO6/c1-7-10-24-16-25(17-31(45-8-2)36(24)46-22-23-11-9-12-26(39)15-23)33-34-27(18-37(3,4)20-29(34)41)40(14-13-32(43)44)28-19-38(5,6)21-30(42)35(28)33/h7,9,11-12,15-17,33H,1,8,10,13-14,18-22H2,2-6H3,(H,43,44). The summed E-state index contributed by atoms with van der Waals surface area (Å²) >= 11 is 6.22. The van der Waals surface area contributed by atoms with E-state index in [1.165, 1.54) is 0 Å². The Bertz CT molecular complexity index is 1590. The van der Waals surface area contributed by atoms with Gasteiger partial charge in [-0.25, -0.2) is 0 Å². The molecule has 0 amide bonds. The molecule has 2 aromatic carbocycles. The highest BCUT2D eigenvalue weighted by molar-refractivity contribution is 6.30. The first-order valence-electron chi connectivity index (χ1n) is 16.0. The van der Waals surface area contributed by atoms with Crippen LogP contribution >= 0.6 is 11.6 Å². The molecule has 46 heavy (non-hydrogen) atoms. The van der Waals surface area contributed by atoms with Crippen molar-refractivity contribution >= 4 is 29.1 Å². The second-order valence-corrected chi connectivity index (χ2v) is 14.6. The highest BCUT2D eigenvalue weighted by atomic mass is 35.5. The monoisotopic (exact) mass is 645 g/mol. The van der Waals surface area contributed by atoms with Gasteiger partial charge in [0.1, 0.15) is 6.61 Å². The number of aliphatic carboxylic acids is 1. The fraction of sp³-hybridized carbons (Fsp3) is 0.447. The zero-order valence-electron chi connectivity index (χ0n) is 27.5. The number of rotatable bonds is 11. The Morgan fingerprint density at radius 2 is 1.63 bits per heavy atom. The smallest absolute Gasteiger partial charge is 0.305 e. The number of ether oxygens (including phenoxy) is 2. The van der Waals surface area contributed by atoms with E-state index in [1.807, 2.05) is 48.2 Å². The zero-order valence-corrected chi connectivity index (χ0v) is 28.3. The van der Waals surface area contributed by atoms with Gasteiger partial charge in [-0.1, -0.05) is 63.6 Å². The first kappa shape index (κ1) is 33.5. The molecular weight excluding hydrogens is 602 g/mol. The van der Waals surface area contributed by atoms with Gasteiger partial charge in [0.05, 0.1) is 13.0 Å². The molecule has 244 valence electrons. The Morgan fingerprint density at radius 3 is 2.17 bits per heavy atom. The Labute approximate surface area is 276 Å². The van der Waals surface area contributed by atoms with Gasteiger partial charge in [0, 0.05) is 58.4 Å². The van der Waals surface area contributed by atoms with Gasteiger partial charge in [-0.05, 0) is 66.3 Å². The first-order valence-corrected chi connectivity index (χ1v) is 16.4. The van der Waals surface area contributed by atoms with Crippen molar-refractivity contribution in [2.45, 2.75) is 85.7 Å². The number of hydrogen-bond donors (Lipinski definition) is 1. The number of carboxylic acids is 1. The van der Waals surface area contributed by atoms with Crippen molar-refractivity contribution < 1.29 is 29.0 Å². The molecule has 8 heteroatoms. The van der Waals surface area contributed by atoms with Crippen LogP contribution in [0.25, 0.3) is 0 Å². The fourth-order valence-electron chi connectivity index (χ4n) is 7.22. The highest BCUT2D eigenvalue weighted by Gasteiger charge is 2.49. The summed E-state index contributed by atoms with van der Waals surface area (Å²) in [6.45, 7) is 15.0. The minimum absolute atomic E-state index is 0.00901. The van der Waals surface area contributed by atoms with E-state index in [0.717, 1.165) is 28.1 Å². The third-order valence-corrected chi connectivity index (χ3v) is 9.23. The summed E-state index contributed by atoms with van der Waals surface area (Å²) in [5, 5.41) is 10.3. The topological polar surface area (TPSA) is 93.1 Å². The number of carbonyl (C=O) groups excluding carboxylic acids is 2. The average molecular weight is 646 g/mol. The predicted molar refractivity (Wildman–Crippen MR) is 179 cm³/mol. The largest absolute Gasteiger partial charge is 0.490 e. The highest BCUT2D eigenvalue weighted by Crippen LogP contribution is 2.55. The molecule has 2 aliphatic carbocycles. The number of hydrogen-bond acceptors (Lipinski definition) is 6. The van der Waals surface area contributed by atoms with E-state index in [9.17, 15) is 19.5 Å². The number of allylic oxidation sites excluding steroid dienone is 5. The van der Waals surface area contributed by atoms with Crippen molar-refractivity contribution in [3.05, 3.63) is 93.3 Å². The Kier molecular flexibility index (Phi) is 9.55. The molecule has 0 unspecified atom stereocenters. The van der Waals surface area contributed by atoms with E-state index in [4.69, 9.17) is 21.1 Å². The summed E-state index contributed by atoms with van der Waals surface area (Å²) in [4.78, 5) is 42.1. The van der Waals surface area contributed by atoms with Gasteiger partial charge in [0.15, 0.2) is 23.1 Å². The number of halogens is 1. The molecule has 0 radical (unpaired) electrons. The van der Waals surface area contributed by atoms with Crippen LogP contribution in [0.3, 0.4) is 0 Å². The second-order valence-electron chi connectivity index (χ2n) is 14.2. The third kappa shape index (κ3) is 6.95. The maximum Gasteiger partial charge on any atom is 0.305 e. The predicted octanol–water partition coefficient (Wildman–Crippen LogP) is 8.21. The lowest BCUT2D eigenvalue weighted by Crippen LogP contribution is -2.45. The summed E-state index contributed by atoms with van der Waals surface area (Å²) in [6, 6.07) is 11.4. The van der Waals surface area contributed by atoms with Crippen molar-refractivity contribution in [2.24, 2.45) is 10.8 Å². The van der Waals surface area contributed by atoms with Crippen LogP contribution in [0, 0.1) is 10.8 Å². The maximum absolute atomic E-state index is 14.2. The molecule has 3 aliphatic rings. The van der Waals surface area contributed by atoms with Gasteiger partial charge < -0.3 is 19.5 Å². The van der Waals surface area contributed by atoms with Crippen LogP contribution in [0.4, 0.5) is 0 Å². The summed E-state index contributed by atoms with van der Waals surface area (Å²) in [6.07, 6.45) is 4.08. The fourth-order valence-corrected chi connectivity index (χ4v) is 7.44. The Hall–Kier alpha value is -3.84. The minimum atomic E-state index is -0.919. The van der Waals surface area contributed by atoms with Crippen LogP contribution in [0.5, 0.6) is 11.5 Å². The van der Waals surface area contributed by atoms with Crippen LogP contribution in [0.1, 0.15) is 89.3 Å². The van der Waals surface area contributed by atoms with Crippen molar-refractivity contribution in [3.8, 4) is 11.5 Å². The average Bonchev–Trinajstić information content (AvgIpc) is 2.94. The number of benzene rings is 2. The van der Waals surface area contributed by atoms with Crippen molar-refractivity contribution in [2.75, 3.05) is 13.2 Å². The van der Waals surface area contributed by atoms with Gasteiger partial charge in [-0.3, -0.25) is 14.4 Å². The van der Waals surface area contributed by atoms with Crippen LogP contribution in [0.2, 0.25) is 5.02 Å².